The van der Waals surface area contributed by atoms with Gasteiger partial charge in [-0.15, -0.1) is 0 Å². The minimum atomic E-state index is 0.412. The van der Waals surface area contributed by atoms with Gasteiger partial charge < -0.3 is 5.73 Å². The fraction of sp³-hybridized carbons (Fsp3) is 0.455. The molecule has 0 aliphatic heterocycles. The summed E-state index contributed by atoms with van der Waals surface area (Å²) in [6.07, 6.45) is 1.83. The second-order valence-electron chi connectivity index (χ2n) is 4.07. The van der Waals surface area contributed by atoms with E-state index in [1.165, 1.54) is 0 Å². The molecule has 0 amide bonds. The lowest BCUT2D eigenvalue weighted by Crippen LogP contribution is -2.03. The number of aryl methyl sites for hydroxylation is 1. The third kappa shape index (κ3) is 1.61. The smallest absolute Gasteiger partial charge is 0.158 e. The number of nitrogens with two attached hydrogens (primary N) is 1. The van der Waals surface area contributed by atoms with E-state index in [0.717, 1.165) is 22.3 Å². The predicted octanol–water partition coefficient (Wildman–Crippen LogP) is 1.55. The average molecular weight is 204 g/mol. The third-order valence-electron chi connectivity index (χ3n) is 2.62. The monoisotopic (exact) mass is 204 g/mol. The first-order valence-corrected chi connectivity index (χ1v) is 5.15. The number of rotatable bonds is 2. The van der Waals surface area contributed by atoms with Gasteiger partial charge in [0.25, 0.3) is 0 Å². The Kier molecular flexibility index (Phi) is 2.44. The van der Waals surface area contributed by atoms with Gasteiger partial charge in [-0.25, -0.2) is 4.98 Å². The Labute approximate surface area is 89.1 Å². The summed E-state index contributed by atoms with van der Waals surface area (Å²) in [7, 11) is 1.90. The largest absolute Gasteiger partial charge is 0.326 e. The van der Waals surface area contributed by atoms with Crippen molar-refractivity contribution in [3.63, 3.8) is 0 Å². The summed E-state index contributed by atoms with van der Waals surface area (Å²) in [6.45, 7) is 4.79. The number of fused-ring (bicyclic) bond motifs is 1. The topological polar surface area (TPSA) is 56.7 Å². The standard InChI is InChI=1S/C11H16N4/c1-7(2)10-4-8(5-12)9-6-13-15(3)11(9)14-10/h4,6-7H,5,12H2,1-3H3. The van der Waals surface area contributed by atoms with E-state index in [4.69, 9.17) is 5.73 Å². The highest BCUT2D eigenvalue weighted by Crippen LogP contribution is 2.21. The first kappa shape index (κ1) is 10.1. The minimum Gasteiger partial charge on any atom is -0.326 e. The molecule has 0 spiro atoms. The fourth-order valence-corrected chi connectivity index (χ4v) is 1.67. The summed E-state index contributed by atoms with van der Waals surface area (Å²) in [5.41, 5.74) is 8.85. The molecule has 2 rings (SSSR count). The van der Waals surface area contributed by atoms with Crippen LogP contribution < -0.4 is 5.73 Å². The number of hydrogen-bond acceptors (Lipinski definition) is 3. The number of nitrogens with zero attached hydrogens (tertiary/aromatic N) is 3. The molecule has 2 aromatic heterocycles. The van der Waals surface area contributed by atoms with E-state index in [1.807, 2.05) is 13.2 Å². The highest BCUT2D eigenvalue weighted by Gasteiger charge is 2.10. The van der Waals surface area contributed by atoms with Crippen LogP contribution in [0.5, 0.6) is 0 Å². The maximum atomic E-state index is 5.73. The molecule has 4 heteroatoms. The summed E-state index contributed by atoms with van der Waals surface area (Å²) in [4.78, 5) is 4.59. The molecule has 0 fully saturated rings. The first-order chi connectivity index (χ1) is 7.13. The van der Waals surface area contributed by atoms with Crippen LogP contribution in [0, 0.1) is 0 Å². The van der Waals surface area contributed by atoms with Crippen molar-refractivity contribution in [1.82, 2.24) is 14.8 Å². The number of pyridine rings is 1. The molecule has 2 heterocycles. The van der Waals surface area contributed by atoms with Gasteiger partial charge in [0.15, 0.2) is 5.65 Å². The van der Waals surface area contributed by atoms with Crippen molar-refractivity contribution < 1.29 is 0 Å². The van der Waals surface area contributed by atoms with Crippen LogP contribution in [0.15, 0.2) is 12.3 Å². The Bertz CT molecular complexity index is 485. The van der Waals surface area contributed by atoms with E-state index in [9.17, 15) is 0 Å². The Morgan fingerprint density at radius 3 is 2.80 bits per heavy atom. The summed E-state index contributed by atoms with van der Waals surface area (Å²) in [5, 5.41) is 5.26. The average Bonchev–Trinajstić information content (AvgIpc) is 2.59. The van der Waals surface area contributed by atoms with E-state index in [-0.39, 0.29) is 0 Å². The molecule has 2 aromatic rings. The van der Waals surface area contributed by atoms with E-state index >= 15 is 0 Å². The van der Waals surface area contributed by atoms with Crippen LogP contribution in [0.25, 0.3) is 11.0 Å². The van der Waals surface area contributed by atoms with E-state index < -0.39 is 0 Å². The van der Waals surface area contributed by atoms with Gasteiger partial charge in [0, 0.05) is 24.7 Å². The minimum absolute atomic E-state index is 0.412. The highest BCUT2D eigenvalue weighted by atomic mass is 15.3. The van der Waals surface area contributed by atoms with Crippen LogP contribution in [-0.4, -0.2) is 14.8 Å². The lowest BCUT2D eigenvalue weighted by Gasteiger charge is -2.08. The van der Waals surface area contributed by atoms with Gasteiger partial charge in [-0.2, -0.15) is 5.10 Å². The predicted molar refractivity (Wildman–Crippen MR) is 60.5 cm³/mol. The molecule has 4 nitrogen and oxygen atoms in total. The van der Waals surface area contributed by atoms with Crippen LogP contribution in [0.2, 0.25) is 0 Å². The van der Waals surface area contributed by atoms with E-state index in [1.54, 1.807) is 4.68 Å². The van der Waals surface area contributed by atoms with Crippen LogP contribution in [0.1, 0.15) is 31.0 Å². The van der Waals surface area contributed by atoms with Crippen molar-refractivity contribution in [2.24, 2.45) is 12.8 Å². The SMILES string of the molecule is CC(C)c1cc(CN)c2cnn(C)c2n1. The number of hydrogen-bond donors (Lipinski definition) is 1. The third-order valence-corrected chi connectivity index (χ3v) is 2.62. The molecule has 0 radical (unpaired) electrons. The zero-order valence-electron chi connectivity index (χ0n) is 9.36. The Balaban J connectivity index is 2.74. The molecule has 0 saturated heterocycles. The zero-order valence-corrected chi connectivity index (χ0v) is 9.36. The molecule has 2 N–H and O–H groups in total. The van der Waals surface area contributed by atoms with Crippen LogP contribution in [-0.2, 0) is 13.6 Å². The van der Waals surface area contributed by atoms with E-state index in [0.29, 0.717) is 12.5 Å². The fourth-order valence-electron chi connectivity index (χ4n) is 1.67. The summed E-state index contributed by atoms with van der Waals surface area (Å²) < 4.78 is 1.79. The summed E-state index contributed by atoms with van der Waals surface area (Å²) in [6, 6.07) is 2.08. The Morgan fingerprint density at radius 1 is 1.47 bits per heavy atom. The summed E-state index contributed by atoms with van der Waals surface area (Å²) in [5.74, 6) is 0.412. The van der Waals surface area contributed by atoms with Crippen molar-refractivity contribution in [3.05, 3.63) is 23.5 Å². The second kappa shape index (κ2) is 3.62. The van der Waals surface area contributed by atoms with E-state index in [2.05, 4.69) is 30.0 Å². The van der Waals surface area contributed by atoms with Crippen molar-refractivity contribution in [1.29, 1.82) is 0 Å². The van der Waals surface area contributed by atoms with Crippen molar-refractivity contribution in [3.8, 4) is 0 Å². The second-order valence-corrected chi connectivity index (χ2v) is 4.07. The Morgan fingerprint density at radius 2 is 2.20 bits per heavy atom. The van der Waals surface area contributed by atoms with Gasteiger partial charge in [-0.05, 0) is 17.5 Å². The van der Waals surface area contributed by atoms with Gasteiger partial charge in [0.05, 0.1) is 6.20 Å². The van der Waals surface area contributed by atoms with Crippen LogP contribution >= 0.6 is 0 Å². The molecule has 0 bridgehead atoms. The lowest BCUT2D eigenvalue weighted by atomic mass is 10.1. The van der Waals surface area contributed by atoms with Crippen molar-refractivity contribution >= 4 is 11.0 Å². The normalized spacial score (nSPS) is 11.5. The van der Waals surface area contributed by atoms with Crippen LogP contribution in [0.4, 0.5) is 0 Å². The quantitative estimate of drug-likeness (QED) is 0.807. The van der Waals surface area contributed by atoms with Gasteiger partial charge in [0.1, 0.15) is 0 Å². The molecule has 0 aromatic carbocycles. The maximum Gasteiger partial charge on any atom is 0.158 e. The van der Waals surface area contributed by atoms with Gasteiger partial charge in [0.2, 0.25) is 0 Å². The molecular weight excluding hydrogens is 188 g/mol. The molecule has 15 heavy (non-hydrogen) atoms. The number of aromatic nitrogens is 3. The molecule has 0 unspecified atom stereocenters. The highest BCUT2D eigenvalue weighted by molar-refractivity contribution is 5.78. The Hall–Kier alpha value is -1.42. The molecule has 0 aliphatic rings. The van der Waals surface area contributed by atoms with Gasteiger partial charge in [-0.1, -0.05) is 13.8 Å². The van der Waals surface area contributed by atoms with Crippen molar-refractivity contribution in [2.45, 2.75) is 26.3 Å². The molecule has 0 saturated carbocycles. The maximum absolute atomic E-state index is 5.73. The van der Waals surface area contributed by atoms with Crippen molar-refractivity contribution in [2.75, 3.05) is 0 Å². The summed E-state index contributed by atoms with van der Waals surface area (Å²) >= 11 is 0. The lowest BCUT2D eigenvalue weighted by molar-refractivity contribution is 0.769. The van der Waals surface area contributed by atoms with Gasteiger partial charge in [-0.3, -0.25) is 4.68 Å². The molecular formula is C11H16N4. The van der Waals surface area contributed by atoms with Crippen LogP contribution in [0.3, 0.4) is 0 Å². The zero-order chi connectivity index (χ0) is 11.0. The molecule has 0 atom stereocenters. The molecule has 80 valence electrons. The molecule has 0 aliphatic carbocycles. The van der Waals surface area contributed by atoms with Gasteiger partial charge >= 0.3 is 0 Å². The first-order valence-electron chi connectivity index (χ1n) is 5.15.